The Labute approximate surface area is 374 Å². The minimum Gasteiger partial charge on any atom is -0.456 e. The van der Waals surface area contributed by atoms with Crippen molar-refractivity contribution in [3.05, 3.63) is 230 Å². The third-order valence-electron chi connectivity index (χ3n) is 12.8. The summed E-state index contributed by atoms with van der Waals surface area (Å²) in [7, 11) is 0. The first-order chi connectivity index (χ1) is 32.2. The number of para-hydroxylation sites is 4. The Balaban J connectivity index is 1.05. The summed E-state index contributed by atoms with van der Waals surface area (Å²) in [6, 6.07) is 76.2. The first-order valence-electron chi connectivity index (χ1n) is 21.9. The molecule has 12 aromatic rings. The number of benzene rings is 11. The number of furan rings is 1. The third-order valence-corrected chi connectivity index (χ3v) is 12.8. The van der Waals surface area contributed by atoms with Crippen LogP contribution in [0.3, 0.4) is 0 Å². The number of hydrogen-bond acceptors (Lipinski definition) is 4. The SMILES string of the molecule is Fc1c(-c2ccccc2)cc(-c2ccccc2)cc1N(c1ccccc1)c1cc2ccc3cc(N(c4ccccc4)c4cccc5c4oc4ccccc45)cc4c3c2c2c(cccc12)O4. The molecule has 1 aromatic heterocycles. The van der Waals surface area contributed by atoms with E-state index in [1.807, 2.05) is 121 Å². The van der Waals surface area contributed by atoms with Gasteiger partial charge >= 0.3 is 0 Å². The Morgan fingerprint density at radius 2 is 0.969 bits per heavy atom. The van der Waals surface area contributed by atoms with Crippen molar-refractivity contribution >= 4 is 88.4 Å². The quantitative estimate of drug-likeness (QED) is 0.143. The normalized spacial score (nSPS) is 11.9. The van der Waals surface area contributed by atoms with Gasteiger partial charge in [0.15, 0.2) is 11.4 Å². The monoisotopic (exact) mass is 836 g/mol. The van der Waals surface area contributed by atoms with Crippen molar-refractivity contribution in [2.75, 3.05) is 9.80 Å². The number of rotatable bonds is 8. The molecule has 0 aliphatic carbocycles. The van der Waals surface area contributed by atoms with Gasteiger partial charge in [-0.15, -0.1) is 0 Å². The van der Waals surface area contributed by atoms with Crippen LogP contribution in [0.4, 0.5) is 38.5 Å². The van der Waals surface area contributed by atoms with Crippen molar-refractivity contribution in [2.24, 2.45) is 0 Å². The maximum absolute atomic E-state index is 17.7. The van der Waals surface area contributed by atoms with Crippen molar-refractivity contribution in [3.63, 3.8) is 0 Å². The average molecular weight is 837 g/mol. The molecule has 0 saturated carbocycles. The fourth-order valence-electron chi connectivity index (χ4n) is 9.94. The molecule has 1 aliphatic heterocycles. The van der Waals surface area contributed by atoms with Crippen LogP contribution in [0.25, 0.3) is 76.5 Å². The van der Waals surface area contributed by atoms with Crippen molar-refractivity contribution in [3.8, 4) is 33.8 Å². The van der Waals surface area contributed by atoms with Crippen LogP contribution in [0, 0.1) is 5.82 Å². The molecule has 1 aliphatic rings. The molecule has 13 rings (SSSR count). The molecule has 0 bridgehead atoms. The minimum absolute atomic E-state index is 0.304. The van der Waals surface area contributed by atoms with Crippen molar-refractivity contribution in [1.82, 2.24) is 0 Å². The molecule has 0 spiro atoms. The maximum Gasteiger partial charge on any atom is 0.159 e. The third kappa shape index (κ3) is 5.90. The predicted molar refractivity (Wildman–Crippen MR) is 267 cm³/mol. The number of halogens is 1. The second kappa shape index (κ2) is 14.7. The van der Waals surface area contributed by atoms with E-state index < -0.39 is 0 Å². The summed E-state index contributed by atoms with van der Waals surface area (Å²) in [5, 5.41) is 8.29. The van der Waals surface area contributed by atoms with E-state index >= 15 is 4.39 Å². The standard InChI is InChI=1S/C60H37FN2O2/c61-59-49(39-19-7-2-8-20-39)34-42(38-17-5-1-6-18-38)36-52(59)63(44-23-11-4-12-24-44)51-35-41-32-31-40-33-45(37-55-56(40)57(41)58-48(51)27-16-30-54(58)64-55)62(43-21-9-3-10-22-43)50-28-15-26-47-46-25-13-14-29-53(46)65-60(47)50/h1-37H. The Morgan fingerprint density at radius 3 is 1.72 bits per heavy atom. The van der Waals surface area contributed by atoms with E-state index in [4.69, 9.17) is 9.15 Å². The lowest BCUT2D eigenvalue weighted by Crippen LogP contribution is -2.14. The Bertz CT molecular complexity index is 3810. The summed E-state index contributed by atoms with van der Waals surface area (Å²) in [4.78, 5) is 4.33. The Morgan fingerprint density at radius 1 is 0.354 bits per heavy atom. The van der Waals surface area contributed by atoms with Crippen LogP contribution >= 0.6 is 0 Å². The van der Waals surface area contributed by atoms with E-state index in [0.717, 1.165) is 111 Å². The van der Waals surface area contributed by atoms with Crippen molar-refractivity contribution in [2.45, 2.75) is 0 Å². The highest BCUT2D eigenvalue weighted by Crippen LogP contribution is 2.54. The molecule has 0 radical (unpaired) electrons. The molecule has 11 aromatic carbocycles. The molecule has 5 heteroatoms. The van der Waals surface area contributed by atoms with Gasteiger partial charge in [-0.05, 0) is 94.2 Å². The van der Waals surface area contributed by atoms with Gasteiger partial charge in [0, 0.05) is 55.3 Å². The number of nitrogens with zero attached hydrogens (tertiary/aromatic N) is 2. The summed E-state index contributed by atoms with van der Waals surface area (Å²) in [5.41, 5.74) is 9.94. The molecule has 0 N–H and O–H groups in total. The maximum atomic E-state index is 17.7. The molecule has 0 saturated heterocycles. The van der Waals surface area contributed by atoms with Crippen LogP contribution in [-0.2, 0) is 0 Å². The number of fused-ring (bicyclic) bond motifs is 3. The largest absolute Gasteiger partial charge is 0.456 e. The molecule has 0 unspecified atom stereocenters. The van der Waals surface area contributed by atoms with E-state index in [9.17, 15) is 0 Å². The van der Waals surface area contributed by atoms with Gasteiger partial charge in [-0.1, -0.05) is 152 Å². The highest BCUT2D eigenvalue weighted by atomic mass is 19.1. The molecule has 0 fully saturated rings. The fraction of sp³-hybridized carbons (Fsp3) is 0. The second-order valence-electron chi connectivity index (χ2n) is 16.6. The number of ether oxygens (including phenoxy) is 1. The molecule has 0 amide bonds. The van der Waals surface area contributed by atoms with Gasteiger partial charge in [0.1, 0.15) is 17.1 Å². The van der Waals surface area contributed by atoms with Crippen LogP contribution in [0.1, 0.15) is 0 Å². The summed E-state index contributed by atoms with van der Waals surface area (Å²) in [6.07, 6.45) is 0. The number of anilines is 6. The van der Waals surface area contributed by atoms with Crippen LogP contribution in [0.15, 0.2) is 229 Å². The Hall–Kier alpha value is -8.67. The van der Waals surface area contributed by atoms with Crippen molar-refractivity contribution < 1.29 is 13.5 Å². The minimum atomic E-state index is -0.304. The van der Waals surface area contributed by atoms with Gasteiger partial charge in [0.25, 0.3) is 0 Å². The van der Waals surface area contributed by atoms with Gasteiger partial charge in [-0.3, -0.25) is 0 Å². The van der Waals surface area contributed by atoms with Gasteiger partial charge in [-0.2, -0.15) is 0 Å². The summed E-state index contributed by atoms with van der Waals surface area (Å²) < 4.78 is 31.4. The first kappa shape index (κ1) is 36.9. The van der Waals surface area contributed by atoms with Gasteiger partial charge < -0.3 is 19.0 Å². The van der Waals surface area contributed by atoms with Crippen LogP contribution < -0.4 is 14.5 Å². The molecule has 2 heterocycles. The van der Waals surface area contributed by atoms with Gasteiger partial charge in [-0.25, -0.2) is 4.39 Å². The molecule has 306 valence electrons. The van der Waals surface area contributed by atoms with E-state index in [2.05, 4.69) is 113 Å². The van der Waals surface area contributed by atoms with E-state index in [-0.39, 0.29) is 5.82 Å². The molecular weight excluding hydrogens is 800 g/mol. The van der Waals surface area contributed by atoms with Gasteiger partial charge in [0.2, 0.25) is 0 Å². The van der Waals surface area contributed by atoms with Gasteiger partial charge in [0.05, 0.1) is 22.7 Å². The van der Waals surface area contributed by atoms with Crippen molar-refractivity contribution in [1.29, 1.82) is 0 Å². The van der Waals surface area contributed by atoms with Crippen LogP contribution in [0.2, 0.25) is 0 Å². The zero-order chi connectivity index (χ0) is 43.0. The smallest absolute Gasteiger partial charge is 0.159 e. The molecule has 4 nitrogen and oxygen atoms in total. The highest BCUT2D eigenvalue weighted by Gasteiger charge is 2.29. The van der Waals surface area contributed by atoms with E-state index in [0.29, 0.717) is 11.3 Å². The average Bonchev–Trinajstić information content (AvgIpc) is 3.75. The lowest BCUT2D eigenvalue weighted by molar-refractivity contribution is 0.493. The summed E-state index contributed by atoms with van der Waals surface area (Å²) in [5.74, 6) is 1.21. The lowest BCUT2D eigenvalue weighted by atomic mass is 9.91. The molecule has 65 heavy (non-hydrogen) atoms. The predicted octanol–water partition coefficient (Wildman–Crippen LogP) is 17.6. The molecular formula is C60H37FN2O2. The zero-order valence-electron chi connectivity index (χ0n) is 35.0. The fourth-order valence-corrected chi connectivity index (χ4v) is 9.94. The molecule has 0 atom stereocenters. The topological polar surface area (TPSA) is 28.9 Å². The van der Waals surface area contributed by atoms with Crippen LogP contribution in [-0.4, -0.2) is 0 Å². The zero-order valence-corrected chi connectivity index (χ0v) is 35.0. The number of hydrogen-bond donors (Lipinski definition) is 0. The second-order valence-corrected chi connectivity index (χ2v) is 16.6. The van der Waals surface area contributed by atoms with Crippen LogP contribution in [0.5, 0.6) is 11.5 Å². The summed E-state index contributed by atoms with van der Waals surface area (Å²) >= 11 is 0. The lowest BCUT2D eigenvalue weighted by Gasteiger charge is -2.31. The van der Waals surface area contributed by atoms with E-state index in [1.54, 1.807) is 0 Å². The first-order valence-corrected chi connectivity index (χ1v) is 21.9. The van der Waals surface area contributed by atoms with E-state index in [1.165, 1.54) is 0 Å². The highest BCUT2D eigenvalue weighted by molar-refractivity contribution is 6.28. The Kier molecular flexibility index (Phi) is 8.36. The summed E-state index contributed by atoms with van der Waals surface area (Å²) in [6.45, 7) is 0.